The topological polar surface area (TPSA) is 57.6 Å². The van der Waals surface area contributed by atoms with E-state index in [0.717, 1.165) is 15.1 Å². The number of para-hydroxylation sites is 1. The van der Waals surface area contributed by atoms with Gasteiger partial charge >= 0.3 is 0 Å². The van der Waals surface area contributed by atoms with Crippen molar-refractivity contribution in [2.45, 2.75) is 17.2 Å². The number of hydrogen-bond donors (Lipinski definition) is 1. The van der Waals surface area contributed by atoms with Gasteiger partial charge in [-0.15, -0.1) is 11.3 Å². The third-order valence-corrected chi connectivity index (χ3v) is 6.45. The normalized spacial score (nSPS) is 13.2. The molecule has 7 heteroatoms. The van der Waals surface area contributed by atoms with Crippen molar-refractivity contribution in [2.75, 3.05) is 10.8 Å². The Hall–Kier alpha value is -0.890. The lowest BCUT2D eigenvalue weighted by molar-refractivity contribution is 0.204. The maximum atomic E-state index is 12.7. The number of thiophene rings is 1. The summed E-state index contributed by atoms with van der Waals surface area (Å²) in [6.45, 7) is 1.58. The Balaban J connectivity index is 2.46. The maximum absolute atomic E-state index is 12.7. The molecule has 1 atom stereocenters. The molecular formula is C13H14BrNO3S2. The van der Waals surface area contributed by atoms with Crippen LogP contribution in [0.2, 0.25) is 0 Å². The van der Waals surface area contributed by atoms with Crippen LogP contribution in [0.25, 0.3) is 0 Å². The minimum atomic E-state index is -3.67. The van der Waals surface area contributed by atoms with Gasteiger partial charge in [-0.2, -0.15) is 0 Å². The van der Waals surface area contributed by atoms with Crippen LogP contribution in [0, 0.1) is 0 Å². The van der Waals surface area contributed by atoms with E-state index in [0.29, 0.717) is 5.69 Å². The lowest BCUT2D eigenvalue weighted by Gasteiger charge is -2.24. The molecule has 108 valence electrons. The van der Waals surface area contributed by atoms with E-state index in [1.54, 1.807) is 43.3 Å². The highest BCUT2D eigenvalue weighted by Gasteiger charge is 2.27. The molecule has 2 rings (SSSR count). The zero-order valence-electron chi connectivity index (χ0n) is 10.7. The van der Waals surface area contributed by atoms with Crippen molar-refractivity contribution in [3.8, 4) is 0 Å². The van der Waals surface area contributed by atoms with Gasteiger partial charge in [0, 0.05) is 0 Å². The van der Waals surface area contributed by atoms with E-state index in [4.69, 9.17) is 0 Å². The van der Waals surface area contributed by atoms with Gasteiger partial charge in [0.05, 0.1) is 22.1 Å². The van der Waals surface area contributed by atoms with E-state index >= 15 is 0 Å². The largest absolute Gasteiger partial charge is 0.392 e. The van der Waals surface area contributed by atoms with Crippen LogP contribution in [-0.2, 0) is 10.0 Å². The first-order chi connectivity index (χ1) is 9.41. The van der Waals surface area contributed by atoms with Crippen LogP contribution in [0.3, 0.4) is 0 Å². The predicted molar refractivity (Wildman–Crippen MR) is 84.7 cm³/mol. The molecule has 4 nitrogen and oxygen atoms in total. The third-order valence-electron chi connectivity index (χ3n) is 2.57. The van der Waals surface area contributed by atoms with Crippen molar-refractivity contribution in [3.05, 3.63) is 46.3 Å². The summed E-state index contributed by atoms with van der Waals surface area (Å²) in [6.07, 6.45) is -0.756. The summed E-state index contributed by atoms with van der Waals surface area (Å²) in [4.78, 5) is 0. The zero-order chi connectivity index (χ0) is 14.8. The molecule has 20 heavy (non-hydrogen) atoms. The summed E-state index contributed by atoms with van der Waals surface area (Å²) in [5.41, 5.74) is 0.540. The zero-order valence-corrected chi connectivity index (χ0v) is 14.0. The van der Waals surface area contributed by atoms with Gasteiger partial charge in [0.25, 0.3) is 10.0 Å². The fourth-order valence-electron chi connectivity index (χ4n) is 1.72. The third kappa shape index (κ3) is 3.41. The summed E-state index contributed by atoms with van der Waals surface area (Å²) in [7, 11) is -3.67. The van der Waals surface area contributed by atoms with E-state index < -0.39 is 16.1 Å². The quantitative estimate of drug-likeness (QED) is 0.873. The molecule has 1 heterocycles. The first kappa shape index (κ1) is 15.5. The van der Waals surface area contributed by atoms with Gasteiger partial charge in [-0.05, 0) is 47.1 Å². The number of hydrogen-bond acceptors (Lipinski definition) is 4. The van der Waals surface area contributed by atoms with E-state index in [9.17, 15) is 13.5 Å². The van der Waals surface area contributed by atoms with Crippen molar-refractivity contribution in [1.29, 1.82) is 0 Å². The number of nitrogens with zero attached hydrogens (tertiary/aromatic N) is 1. The molecule has 0 saturated carbocycles. The predicted octanol–water partition coefficient (Wildman–Crippen LogP) is 3.09. The van der Waals surface area contributed by atoms with Crippen LogP contribution >= 0.6 is 27.3 Å². The Morgan fingerprint density at radius 2 is 1.90 bits per heavy atom. The molecule has 1 aromatic heterocycles. The Kier molecular flexibility index (Phi) is 4.85. The molecule has 0 aliphatic carbocycles. The molecule has 0 aliphatic rings. The molecular weight excluding hydrogens is 362 g/mol. The lowest BCUT2D eigenvalue weighted by Crippen LogP contribution is -2.36. The molecule has 2 aromatic rings. The molecule has 0 saturated heterocycles. The van der Waals surface area contributed by atoms with Crippen molar-refractivity contribution >= 4 is 43.0 Å². The van der Waals surface area contributed by atoms with E-state index in [1.807, 2.05) is 6.07 Å². The van der Waals surface area contributed by atoms with Gasteiger partial charge in [-0.25, -0.2) is 8.42 Å². The Morgan fingerprint density at radius 1 is 1.25 bits per heavy atom. The van der Waals surface area contributed by atoms with Gasteiger partial charge < -0.3 is 5.11 Å². The Labute approximate surface area is 130 Å². The summed E-state index contributed by atoms with van der Waals surface area (Å²) in [5.74, 6) is 0. The first-order valence-electron chi connectivity index (χ1n) is 5.92. The number of aliphatic hydroxyl groups excluding tert-OH is 1. The average Bonchev–Trinajstić information content (AvgIpc) is 2.84. The Bertz CT molecular complexity index is 668. The van der Waals surface area contributed by atoms with Crippen LogP contribution in [0.4, 0.5) is 5.69 Å². The van der Waals surface area contributed by atoms with Crippen LogP contribution in [0.15, 0.2) is 50.5 Å². The molecule has 0 amide bonds. The highest BCUT2D eigenvalue weighted by atomic mass is 79.9. The summed E-state index contributed by atoms with van der Waals surface area (Å²) in [6, 6.07) is 12.0. The van der Waals surface area contributed by atoms with Gasteiger partial charge in [-0.1, -0.05) is 18.2 Å². The van der Waals surface area contributed by atoms with Gasteiger partial charge in [0.15, 0.2) is 0 Å². The first-order valence-corrected chi connectivity index (χ1v) is 8.97. The van der Waals surface area contributed by atoms with E-state index in [1.165, 1.54) is 4.31 Å². The molecule has 1 N–H and O–H groups in total. The van der Waals surface area contributed by atoms with E-state index in [-0.39, 0.29) is 10.8 Å². The standard InChI is InChI=1S/C13H14BrNO3S2/c1-10(16)9-15(11-5-3-2-4-6-11)20(17,18)13-8-7-12(14)19-13/h2-8,10,16H,9H2,1H3/t10-/m0/s1. The second-order valence-corrected chi connectivity index (χ2v) is 8.83. The number of aliphatic hydroxyl groups is 1. The Morgan fingerprint density at radius 3 is 2.40 bits per heavy atom. The molecule has 0 aliphatic heterocycles. The molecule has 0 unspecified atom stereocenters. The van der Waals surface area contributed by atoms with Crippen LogP contribution in [-0.4, -0.2) is 26.2 Å². The average molecular weight is 376 g/mol. The summed E-state index contributed by atoms with van der Waals surface area (Å²) in [5, 5.41) is 9.59. The smallest absolute Gasteiger partial charge is 0.273 e. The lowest BCUT2D eigenvalue weighted by atomic mass is 10.3. The number of anilines is 1. The van der Waals surface area contributed by atoms with Crippen molar-refractivity contribution in [3.63, 3.8) is 0 Å². The molecule has 0 bridgehead atoms. The molecule has 0 spiro atoms. The van der Waals surface area contributed by atoms with Gasteiger partial charge in [0.2, 0.25) is 0 Å². The molecule has 0 radical (unpaired) electrons. The highest BCUT2D eigenvalue weighted by molar-refractivity contribution is 9.11. The van der Waals surface area contributed by atoms with Crippen LogP contribution < -0.4 is 4.31 Å². The number of halogens is 1. The minimum Gasteiger partial charge on any atom is -0.392 e. The summed E-state index contributed by atoms with van der Waals surface area (Å²) < 4.78 is 27.6. The monoisotopic (exact) mass is 375 g/mol. The highest BCUT2D eigenvalue weighted by Crippen LogP contribution is 2.31. The fraction of sp³-hybridized carbons (Fsp3) is 0.231. The second kappa shape index (κ2) is 6.26. The van der Waals surface area contributed by atoms with Gasteiger partial charge in [0.1, 0.15) is 4.21 Å². The van der Waals surface area contributed by atoms with Crippen molar-refractivity contribution < 1.29 is 13.5 Å². The van der Waals surface area contributed by atoms with Crippen molar-refractivity contribution in [2.24, 2.45) is 0 Å². The number of sulfonamides is 1. The minimum absolute atomic E-state index is 0.0157. The fourth-order valence-corrected chi connectivity index (χ4v) is 5.39. The number of rotatable bonds is 5. The molecule has 0 fully saturated rings. The maximum Gasteiger partial charge on any atom is 0.273 e. The molecule has 1 aromatic carbocycles. The SMILES string of the molecule is C[C@H](O)CN(c1ccccc1)S(=O)(=O)c1ccc(Br)s1. The number of benzene rings is 1. The van der Waals surface area contributed by atoms with E-state index in [2.05, 4.69) is 15.9 Å². The van der Waals surface area contributed by atoms with Crippen LogP contribution in [0.5, 0.6) is 0 Å². The van der Waals surface area contributed by atoms with Crippen LogP contribution in [0.1, 0.15) is 6.92 Å². The van der Waals surface area contributed by atoms with Crippen molar-refractivity contribution in [1.82, 2.24) is 0 Å². The summed E-state index contributed by atoms with van der Waals surface area (Å²) >= 11 is 4.42. The second-order valence-electron chi connectivity index (χ2n) is 4.28. The van der Waals surface area contributed by atoms with Gasteiger partial charge in [-0.3, -0.25) is 4.31 Å².